The van der Waals surface area contributed by atoms with E-state index in [0.29, 0.717) is 0 Å². The molecule has 0 saturated heterocycles. The number of hydrogen-bond acceptors (Lipinski definition) is 3. The van der Waals surface area contributed by atoms with Crippen molar-refractivity contribution >= 4 is 11.8 Å². The molecule has 0 spiro atoms. The average Bonchev–Trinajstić information content (AvgIpc) is 2.07. The van der Waals surface area contributed by atoms with Gasteiger partial charge in [0.25, 0.3) is 0 Å². The van der Waals surface area contributed by atoms with Crippen molar-refractivity contribution < 1.29 is 4.74 Å². The summed E-state index contributed by atoms with van der Waals surface area (Å²) in [6.07, 6.45) is 6.43. The maximum absolute atomic E-state index is 5.84. The number of rotatable bonds is 3. The second-order valence-corrected chi connectivity index (χ2v) is 3.57. The lowest BCUT2D eigenvalue weighted by Gasteiger charge is -2.19. The highest BCUT2D eigenvalue weighted by molar-refractivity contribution is 7.98. The molecule has 2 nitrogen and oxygen atoms in total. The van der Waals surface area contributed by atoms with Crippen molar-refractivity contribution in [1.29, 1.82) is 0 Å². The van der Waals surface area contributed by atoms with Crippen LogP contribution in [0.1, 0.15) is 12.8 Å². The summed E-state index contributed by atoms with van der Waals surface area (Å²) in [5, 5.41) is 0. The van der Waals surface area contributed by atoms with Crippen LogP contribution in [-0.4, -0.2) is 24.7 Å². The predicted octanol–water partition coefficient (Wildman–Crippen LogP) is 1.37. The van der Waals surface area contributed by atoms with E-state index in [-0.39, 0.29) is 6.04 Å². The van der Waals surface area contributed by atoms with Crippen LogP contribution in [0.3, 0.4) is 0 Å². The summed E-state index contributed by atoms with van der Waals surface area (Å²) in [6.45, 7) is 0.841. The fraction of sp³-hybridized carbons (Fsp3) is 0.750. The van der Waals surface area contributed by atoms with Crippen LogP contribution in [0, 0.1) is 0 Å². The predicted molar refractivity (Wildman–Crippen MR) is 49.6 cm³/mol. The summed E-state index contributed by atoms with van der Waals surface area (Å²) in [7, 11) is 0. The van der Waals surface area contributed by atoms with E-state index in [9.17, 15) is 0 Å². The molecule has 0 bridgehead atoms. The third kappa shape index (κ3) is 2.75. The molecular weight excluding hydrogens is 158 g/mol. The summed E-state index contributed by atoms with van der Waals surface area (Å²) in [4.78, 5) is 0. The quantitative estimate of drug-likeness (QED) is 0.700. The molecule has 0 aliphatic carbocycles. The Labute approximate surface area is 72.2 Å². The molecule has 0 fully saturated rings. The highest BCUT2D eigenvalue weighted by Gasteiger charge is 2.11. The SMILES string of the molecule is CSCC(N)C1=CCCCO1. The zero-order valence-corrected chi connectivity index (χ0v) is 7.69. The highest BCUT2D eigenvalue weighted by atomic mass is 32.2. The van der Waals surface area contributed by atoms with Gasteiger partial charge in [0.05, 0.1) is 12.6 Å². The monoisotopic (exact) mass is 173 g/mol. The molecule has 0 amide bonds. The molecule has 64 valence electrons. The first-order valence-corrected chi connectivity index (χ1v) is 5.31. The zero-order valence-electron chi connectivity index (χ0n) is 6.88. The number of allylic oxidation sites excluding steroid dienone is 1. The molecule has 0 radical (unpaired) electrons. The van der Waals surface area contributed by atoms with Crippen molar-refractivity contribution in [1.82, 2.24) is 0 Å². The Morgan fingerprint density at radius 3 is 3.18 bits per heavy atom. The Hall–Kier alpha value is -0.150. The highest BCUT2D eigenvalue weighted by Crippen LogP contribution is 2.14. The number of nitrogens with two attached hydrogens (primary N) is 1. The maximum atomic E-state index is 5.84. The minimum absolute atomic E-state index is 0.102. The van der Waals surface area contributed by atoms with E-state index < -0.39 is 0 Å². The second-order valence-electron chi connectivity index (χ2n) is 2.66. The first kappa shape index (κ1) is 8.94. The molecule has 1 atom stereocenters. The fourth-order valence-corrected chi connectivity index (χ4v) is 1.62. The number of hydrogen-bond donors (Lipinski definition) is 1. The van der Waals surface area contributed by atoms with E-state index in [4.69, 9.17) is 10.5 Å². The first-order valence-electron chi connectivity index (χ1n) is 3.92. The lowest BCUT2D eigenvalue weighted by Crippen LogP contribution is -2.28. The molecule has 2 N–H and O–H groups in total. The van der Waals surface area contributed by atoms with Crippen molar-refractivity contribution in [3.8, 4) is 0 Å². The van der Waals surface area contributed by atoms with Gasteiger partial charge >= 0.3 is 0 Å². The molecule has 1 heterocycles. The van der Waals surface area contributed by atoms with Crippen LogP contribution in [0.2, 0.25) is 0 Å². The Balaban J connectivity index is 2.37. The van der Waals surface area contributed by atoms with Crippen molar-refractivity contribution in [3.63, 3.8) is 0 Å². The molecule has 11 heavy (non-hydrogen) atoms. The van der Waals surface area contributed by atoms with Gasteiger partial charge < -0.3 is 10.5 Å². The van der Waals surface area contributed by atoms with E-state index in [0.717, 1.165) is 31.0 Å². The van der Waals surface area contributed by atoms with E-state index in [1.54, 1.807) is 11.8 Å². The molecule has 3 heteroatoms. The minimum Gasteiger partial charge on any atom is -0.497 e. The summed E-state index contributed by atoms with van der Waals surface area (Å²) < 4.78 is 5.42. The third-order valence-corrected chi connectivity index (χ3v) is 2.37. The average molecular weight is 173 g/mol. The molecule has 1 unspecified atom stereocenters. The Bertz CT molecular complexity index is 147. The Kier molecular flexibility index (Phi) is 3.80. The van der Waals surface area contributed by atoms with Crippen molar-refractivity contribution in [3.05, 3.63) is 11.8 Å². The second kappa shape index (κ2) is 4.67. The lowest BCUT2D eigenvalue weighted by molar-refractivity contribution is 0.179. The van der Waals surface area contributed by atoms with Gasteiger partial charge in [-0.15, -0.1) is 0 Å². The van der Waals surface area contributed by atoms with E-state index >= 15 is 0 Å². The van der Waals surface area contributed by atoms with Crippen LogP contribution < -0.4 is 5.73 Å². The van der Waals surface area contributed by atoms with E-state index in [1.807, 2.05) is 0 Å². The Morgan fingerprint density at radius 1 is 1.82 bits per heavy atom. The molecule has 1 aliphatic heterocycles. The van der Waals surface area contributed by atoms with Crippen LogP contribution in [0.25, 0.3) is 0 Å². The lowest BCUT2D eigenvalue weighted by atomic mass is 10.2. The summed E-state index contributed by atoms with van der Waals surface area (Å²) in [5.41, 5.74) is 5.84. The summed E-state index contributed by atoms with van der Waals surface area (Å²) >= 11 is 1.76. The maximum Gasteiger partial charge on any atom is 0.110 e. The van der Waals surface area contributed by atoms with Gasteiger partial charge in [-0.25, -0.2) is 0 Å². The Morgan fingerprint density at radius 2 is 2.64 bits per heavy atom. The van der Waals surface area contributed by atoms with Crippen LogP contribution in [0.15, 0.2) is 11.8 Å². The molecular formula is C8H15NOS. The summed E-state index contributed by atoms with van der Waals surface area (Å²) in [5.74, 6) is 1.94. The summed E-state index contributed by atoms with van der Waals surface area (Å²) in [6, 6.07) is 0.102. The smallest absolute Gasteiger partial charge is 0.110 e. The molecule has 0 aromatic rings. The van der Waals surface area contributed by atoms with Gasteiger partial charge in [-0.3, -0.25) is 0 Å². The molecule has 0 saturated carbocycles. The zero-order chi connectivity index (χ0) is 8.10. The third-order valence-electron chi connectivity index (χ3n) is 1.67. The van der Waals surface area contributed by atoms with Gasteiger partial charge in [0.1, 0.15) is 5.76 Å². The van der Waals surface area contributed by atoms with E-state index in [1.165, 1.54) is 0 Å². The van der Waals surface area contributed by atoms with Gasteiger partial charge in [-0.1, -0.05) is 0 Å². The molecule has 0 aromatic carbocycles. The first-order chi connectivity index (χ1) is 5.34. The van der Waals surface area contributed by atoms with Crippen LogP contribution in [-0.2, 0) is 4.74 Å². The van der Waals surface area contributed by atoms with Crippen LogP contribution >= 0.6 is 11.8 Å². The van der Waals surface area contributed by atoms with Crippen molar-refractivity contribution in [2.24, 2.45) is 5.73 Å². The topological polar surface area (TPSA) is 35.2 Å². The van der Waals surface area contributed by atoms with Gasteiger partial charge in [-0.05, 0) is 25.2 Å². The minimum atomic E-state index is 0.102. The normalized spacial score (nSPS) is 20.4. The largest absolute Gasteiger partial charge is 0.497 e. The molecule has 1 rings (SSSR count). The van der Waals surface area contributed by atoms with Crippen LogP contribution in [0.4, 0.5) is 0 Å². The van der Waals surface area contributed by atoms with Crippen LogP contribution in [0.5, 0.6) is 0 Å². The van der Waals surface area contributed by atoms with Gasteiger partial charge in [0.2, 0.25) is 0 Å². The fourth-order valence-electron chi connectivity index (χ4n) is 1.10. The number of thioether (sulfide) groups is 1. The van der Waals surface area contributed by atoms with Gasteiger partial charge in [0.15, 0.2) is 0 Å². The van der Waals surface area contributed by atoms with Crippen molar-refractivity contribution in [2.45, 2.75) is 18.9 Å². The molecule has 0 aromatic heterocycles. The van der Waals surface area contributed by atoms with Gasteiger partial charge in [-0.2, -0.15) is 11.8 Å². The number of ether oxygens (including phenoxy) is 1. The van der Waals surface area contributed by atoms with Gasteiger partial charge in [0, 0.05) is 5.75 Å². The van der Waals surface area contributed by atoms with Crippen molar-refractivity contribution in [2.75, 3.05) is 18.6 Å². The van der Waals surface area contributed by atoms with E-state index in [2.05, 4.69) is 12.3 Å². The molecule has 1 aliphatic rings. The standard InChI is InChI=1S/C8H15NOS/c1-11-6-7(9)8-4-2-3-5-10-8/h4,7H,2-3,5-6,9H2,1H3.